The smallest absolute Gasteiger partial charge is 0.140 e. The second-order valence-corrected chi connectivity index (χ2v) is 5.73. The van der Waals surface area contributed by atoms with Crippen LogP contribution in [0.3, 0.4) is 0 Å². The van der Waals surface area contributed by atoms with Crippen molar-refractivity contribution in [3.05, 3.63) is 46.4 Å². The minimum absolute atomic E-state index is 0.569. The summed E-state index contributed by atoms with van der Waals surface area (Å²) >= 11 is 1.71. The van der Waals surface area contributed by atoms with E-state index in [0.29, 0.717) is 12.5 Å². The van der Waals surface area contributed by atoms with Gasteiger partial charge in [0.2, 0.25) is 0 Å². The van der Waals surface area contributed by atoms with E-state index in [9.17, 15) is 0 Å². The first-order chi connectivity index (χ1) is 9.42. The summed E-state index contributed by atoms with van der Waals surface area (Å²) in [6.07, 6.45) is 2.39. The second-order valence-electron chi connectivity index (χ2n) is 4.79. The summed E-state index contributed by atoms with van der Waals surface area (Å²) in [4.78, 5) is 4.71. The molecule has 1 aliphatic rings. The van der Waals surface area contributed by atoms with Crippen LogP contribution in [0.1, 0.15) is 29.5 Å². The maximum absolute atomic E-state index is 5.73. The van der Waals surface area contributed by atoms with Gasteiger partial charge in [0.25, 0.3) is 0 Å². The molecular weight excluding hydrogens is 256 g/mol. The van der Waals surface area contributed by atoms with E-state index < -0.39 is 0 Å². The summed E-state index contributed by atoms with van der Waals surface area (Å²) in [5, 5.41) is 6.65. The molecule has 0 bridgehead atoms. The number of hydrogen-bond donors (Lipinski definition) is 1. The summed E-state index contributed by atoms with van der Waals surface area (Å²) in [5.74, 6) is 1.53. The van der Waals surface area contributed by atoms with Crippen LogP contribution < -0.4 is 10.1 Å². The molecular formula is C15H18N2OS. The first kappa shape index (κ1) is 12.6. The molecule has 100 valence electrons. The van der Waals surface area contributed by atoms with Crippen LogP contribution >= 0.6 is 11.3 Å². The lowest BCUT2D eigenvalue weighted by Crippen LogP contribution is -2.26. The van der Waals surface area contributed by atoms with Gasteiger partial charge in [-0.2, -0.15) is 0 Å². The predicted octanol–water partition coefficient (Wildman–Crippen LogP) is 3.19. The van der Waals surface area contributed by atoms with E-state index in [4.69, 9.17) is 9.72 Å². The summed E-state index contributed by atoms with van der Waals surface area (Å²) in [6, 6.07) is 9.91. The molecule has 0 saturated carbocycles. The molecule has 1 saturated heterocycles. The van der Waals surface area contributed by atoms with Gasteiger partial charge < -0.3 is 10.1 Å². The Kier molecular flexibility index (Phi) is 4.10. The number of ether oxygens (including phenoxy) is 1. The van der Waals surface area contributed by atoms with Gasteiger partial charge in [-0.1, -0.05) is 18.2 Å². The number of nitrogens with one attached hydrogen (secondary N) is 1. The van der Waals surface area contributed by atoms with Crippen LogP contribution in [-0.2, 0) is 6.61 Å². The number of piperidine rings is 1. The molecule has 0 radical (unpaired) electrons. The molecule has 2 heterocycles. The van der Waals surface area contributed by atoms with Crippen molar-refractivity contribution in [2.45, 2.75) is 25.4 Å². The molecule has 3 nitrogen and oxygen atoms in total. The van der Waals surface area contributed by atoms with Gasteiger partial charge >= 0.3 is 0 Å². The van der Waals surface area contributed by atoms with Crippen LogP contribution in [0.15, 0.2) is 35.7 Å². The molecule has 0 amide bonds. The topological polar surface area (TPSA) is 34.1 Å². The molecule has 1 aromatic carbocycles. The maximum atomic E-state index is 5.73. The fourth-order valence-corrected chi connectivity index (χ4v) is 3.15. The Morgan fingerprint density at radius 2 is 2.00 bits per heavy atom. The average Bonchev–Trinajstić information content (AvgIpc) is 2.96. The lowest BCUT2D eigenvalue weighted by molar-refractivity contribution is 0.305. The third kappa shape index (κ3) is 3.33. The number of rotatable bonds is 4. The summed E-state index contributed by atoms with van der Waals surface area (Å²) in [7, 11) is 0. The molecule has 1 fully saturated rings. The van der Waals surface area contributed by atoms with E-state index in [1.54, 1.807) is 11.3 Å². The number of thiazole rings is 1. The number of hydrogen-bond acceptors (Lipinski definition) is 4. The van der Waals surface area contributed by atoms with Crippen LogP contribution in [0.5, 0.6) is 5.75 Å². The zero-order chi connectivity index (χ0) is 12.9. The Hall–Kier alpha value is -1.39. The highest BCUT2D eigenvalue weighted by Gasteiger charge is 2.17. The number of benzene rings is 1. The summed E-state index contributed by atoms with van der Waals surface area (Å²) in [6.45, 7) is 2.79. The number of nitrogens with zero attached hydrogens (tertiary/aromatic N) is 1. The molecule has 1 N–H and O–H groups in total. The van der Waals surface area contributed by atoms with Crippen molar-refractivity contribution in [1.82, 2.24) is 10.3 Å². The van der Waals surface area contributed by atoms with Crippen LogP contribution in [0.25, 0.3) is 0 Å². The van der Waals surface area contributed by atoms with Crippen molar-refractivity contribution in [2.75, 3.05) is 13.1 Å². The van der Waals surface area contributed by atoms with Crippen molar-refractivity contribution in [2.24, 2.45) is 0 Å². The highest BCUT2D eigenvalue weighted by atomic mass is 32.1. The molecule has 0 spiro atoms. The van der Waals surface area contributed by atoms with Gasteiger partial charge in [0.05, 0.1) is 5.69 Å². The molecule has 1 aromatic heterocycles. The van der Waals surface area contributed by atoms with Crippen molar-refractivity contribution in [1.29, 1.82) is 0 Å². The molecule has 4 heteroatoms. The Labute approximate surface area is 117 Å². The largest absolute Gasteiger partial charge is 0.486 e. The van der Waals surface area contributed by atoms with Crippen molar-refractivity contribution >= 4 is 11.3 Å². The fourth-order valence-electron chi connectivity index (χ4n) is 2.36. The van der Waals surface area contributed by atoms with Gasteiger partial charge in [-0.05, 0) is 38.1 Å². The van der Waals surface area contributed by atoms with E-state index in [2.05, 4.69) is 10.7 Å². The Bertz CT molecular complexity index is 506. The van der Waals surface area contributed by atoms with E-state index in [1.165, 1.54) is 18.5 Å². The van der Waals surface area contributed by atoms with Gasteiger partial charge in [-0.25, -0.2) is 4.98 Å². The lowest BCUT2D eigenvalue weighted by Gasteiger charge is -2.20. The quantitative estimate of drug-likeness (QED) is 0.929. The van der Waals surface area contributed by atoms with Gasteiger partial charge in [-0.15, -0.1) is 11.3 Å². The zero-order valence-corrected chi connectivity index (χ0v) is 11.7. The van der Waals surface area contributed by atoms with Crippen LogP contribution in [0, 0.1) is 0 Å². The maximum Gasteiger partial charge on any atom is 0.140 e. The average molecular weight is 274 g/mol. The van der Waals surface area contributed by atoms with E-state index >= 15 is 0 Å². The van der Waals surface area contributed by atoms with Gasteiger partial charge in [0, 0.05) is 11.3 Å². The van der Waals surface area contributed by atoms with Crippen molar-refractivity contribution < 1.29 is 4.74 Å². The minimum atomic E-state index is 0.569. The van der Waals surface area contributed by atoms with E-state index in [-0.39, 0.29) is 0 Å². The molecule has 2 aromatic rings. The fraction of sp³-hybridized carbons (Fsp3) is 0.400. The van der Waals surface area contributed by atoms with E-state index in [1.807, 2.05) is 30.3 Å². The third-order valence-electron chi connectivity index (χ3n) is 3.43. The number of aromatic nitrogens is 1. The van der Waals surface area contributed by atoms with Crippen LogP contribution in [-0.4, -0.2) is 18.1 Å². The normalized spacial score (nSPS) is 16.4. The second kappa shape index (κ2) is 6.17. The first-order valence-electron chi connectivity index (χ1n) is 6.75. The van der Waals surface area contributed by atoms with Crippen LogP contribution in [0.4, 0.5) is 0 Å². The molecule has 19 heavy (non-hydrogen) atoms. The zero-order valence-electron chi connectivity index (χ0n) is 10.8. The molecule has 0 atom stereocenters. The lowest BCUT2D eigenvalue weighted by atomic mass is 9.95. The monoisotopic (exact) mass is 274 g/mol. The van der Waals surface area contributed by atoms with Gasteiger partial charge in [0.1, 0.15) is 17.4 Å². The highest BCUT2D eigenvalue weighted by molar-refractivity contribution is 7.09. The predicted molar refractivity (Wildman–Crippen MR) is 77.7 cm³/mol. The molecule has 0 unspecified atom stereocenters. The molecule has 1 aliphatic heterocycles. The third-order valence-corrected chi connectivity index (χ3v) is 4.27. The standard InChI is InChI=1S/C15H18N2OS/c1-2-4-13(5-3-1)18-10-15-17-14(11-19-15)12-6-8-16-9-7-12/h1-5,11-12,16H,6-10H2. The molecule has 3 rings (SSSR count). The Morgan fingerprint density at radius 3 is 2.79 bits per heavy atom. The minimum Gasteiger partial charge on any atom is -0.486 e. The van der Waals surface area contributed by atoms with Gasteiger partial charge in [-0.3, -0.25) is 0 Å². The van der Waals surface area contributed by atoms with Crippen LogP contribution in [0.2, 0.25) is 0 Å². The van der Waals surface area contributed by atoms with Gasteiger partial charge in [0.15, 0.2) is 0 Å². The first-order valence-corrected chi connectivity index (χ1v) is 7.62. The molecule has 0 aliphatic carbocycles. The number of para-hydroxylation sites is 1. The Balaban J connectivity index is 1.58. The van der Waals surface area contributed by atoms with E-state index in [0.717, 1.165) is 23.8 Å². The summed E-state index contributed by atoms with van der Waals surface area (Å²) in [5.41, 5.74) is 1.25. The summed E-state index contributed by atoms with van der Waals surface area (Å²) < 4.78 is 5.73. The highest BCUT2D eigenvalue weighted by Crippen LogP contribution is 2.26. The van der Waals surface area contributed by atoms with Crippen molar-refractivity contribution in [3.8, 4) is 5.75 Å². The van der Waals surface area contributed by atoms with Crippen molar-refractivity contribution in [3.63, 3.8) is 0 Å². The Morgan fingerprint density at radius 1 is 1.21 bits per heavy atom. The SMILES string of the molecule is c1ccc(OCc2nc(C3CCNCC3)cs2)cc1.